The number of aliphatic imine (C=N–C) groups is 1. The lowest BCUT2D eigenvalue weighted by Gasteiger charge is -2.37. The minimum absolute atomic E-state index is 0.212. The smallest absolute Gasteiger partial charge is 0.335 e. The fourth-order valence-corrected chi connectivity index (χ4v) is 3.31. The number of aromatic carboxylic acids is 1. The first-order valence-corrected chi connectivity index (χ1v) is 9.96. The van der Waals surface area contributed by atoms with Crippen molar-refractivity contribution in [2.24, 2.45) is 4.99 Å². The Bertz CT molecular complexity index is 865. The molecule has 1 aliphatic rings. The molecule has 0 saturated carbocycles. The number of para-hydroxylation sites is 1. The molecule has 0 amide bonds. The van der Waals surface area contributed by atoms with Gasteiger partial charge < -0.3 is 25.0 Å². The van der Waals surface area contributed by atoms with E-state index in [4.69, 9.17) is 14.8 Å². The molecule has 7 nitrogen and oxygen atoms in total. The quantitative estimate of drug-likeness (QED) is 0.412. The number of ether oxygens (including phenoxy) is 1. The van der Waals surface area contributed by atoms with Gasteiger partial charge in [-0.15, -0.1) is 0 Å². The van der Waals surface area contributed by atoms with E-state index in [0.717, 1.165) is 18.1 Å². The Balaban J connectivity index is 1.68. The van der Waals surface area contributed by atoms with Crippen molar-refractivity contribution >= 4 is 23.3 Å². The van der Waals surface area contributed by atoms with Crippen molar-refractivity contribution in [2.75, 3.05) is 56.7 Å². The first-order valence-electron chi connectivity index (χ1n) is 9.96. The van der Waals surface area contributed by atoms with Crippen LogP contribution in [0.3, 0.4) is 0 Å². The van der Waals surface area contributed by atoms with Gasteiger partial charge in [0, 0.05) is 52.1 Å². The zero-order chi connectivity index (χ0) is 21.3. The molecule has 1 aliphatic heterocycles. The summed E-state index contributed by atoms with van der Waals surface area (Å²) in [5.41, 5.74) is 1.62. The second kappa shape index (κ2) is 10.6. The van der Waals surface area contributed by atoms with Crippen LogP contribution in [-0.4, -0.2) is 68.4 Å². The molecule has 0 unspecified atom stereocenters. The summed E-state index contributed by atoms with van der Waals surface area (Å²) in [7, 11) is 1.66. The van der Waals surface area contributed by atoms with Crippen molar-refractivity contribution in [3.8, 4) is 0 Å². The SMILES string of the molecule is COCCCN=C(Nc1ccc(C(=O)O)cc1)N1CCN(c2ccccc2F)CC1. The molecule has 0 spiro atoms. The van der Waals surface area contributed by atoms with Crippen molar-refractivity contribution in [2.45, 2.75) is 6.42 Å². The Hall–Kier alpha value is -3.13. The van der Waals surface area contributed by atoms with E-state index in [1.807, 2.05) is 11.0 Å². The van der Waals surface area contributed by atoms with Gasteiger partial charge in [0.25, 0.3) is 0 Å². The van der Waals surface area contributed by atoms with Crippen LogP contribution in [0.25, 0.3) is 0 Å². The zero-order valence-corrected chi connectivity index (χ0v) is 17.1. The van der Waals surface area contributed by atoms with E-state index in [2.05, 4.69) is 10.2 Å². The lowest BCUT2D eigenvalue weighted by atomic mass is 10.2. The lowest BCUT2D eigenvalue weighted by molar-refractivity contribution is 0.0697. The van der Waals surface area contributed by atoms with E-state index in [0.29, 0.717) is 45.0 Å². The molecule has 2 N–H and O–H groups in total. The van der Waals surface area contributed by atoms with Gasteiger partial charge in [0.05, 0.1) is 11.3 Å². The third-order valence-corrected chi connectivity index (χ3v) is 4.93. The highest BCUT2D eigenvalue weighted by Gasteiger charge is 2.22. The Kier molecular flexibility index (Phi) is 7.62. The molecule has 1 saturated heterocycles. The number of guanidine groups is 1. The molecular formula is C22H27FN4O3. The van der Waals surface area contributed by atoms with Gasteiger partial charge in [-0.25, -0.2) is 9.18 Å². The van der Waals surface area contributed by atoms with E-state index >= 15 is 0 Å². The first kappa shape index (κ1) is 21.6. The number of hydrogen-bond donors (Lipinski definition) is 2. The van der Waals surface area contributed by atoms with Gasteiger partial charge in [-0.3, -0.25) is 4.99 Å². The summed E-state index contributed by atoms with van der Waals surface area (Å²) < 4.78 is 19.2. The number of carbonyl (C=O) groups is 1. The molecule has 0 atom stereocenters. The van der Waals surface area contributed by atoms with Gasteiger partial charge in [0.15, 0.2) is 5.96 Å². The fourth-order valence-electron chi connectivity index (χ4n) is 3.31. The van der Waals surface area contributed by atoms with Crippen molar-refractivity contribution in [1.82, 2.24) is 4.90 Å². The molecule has 30 heavy (non-hydrogen) atoms. The summed E-state index contributed by atoms with van der Waals surface area (Å²) in [6.07, 6.45) is 0.800. The average molecular weight is 414 g/mol. The number of hydrogen-bond acceptors (Lipinski definition) is 4. The molecule has 0 aliphatic carbocycles. The first-order chi connectivity index (χ1) is 14.6. The summed E-state index contributed by atoms with van der Waals surface area (Å²) in [5.74, 6) is -0.447. The van der Waals surface area contributed by atoms with Gasteiger partial charge in [-0.1, -0.05) is 12.1 Å². The fraction of sp³-hybridized carbons (Fsp3) is 0.364. The van der Waals surface area contributed by atoms with E-state index < -0.39 is 5.97 Å². The minimum atomic E-state index is -0.959. The number of carboxylic acids is 1. The third-order valence-electron chi connectivity index (χ3n) is 4.93. The van der Waals surface area contributed by atoms with Gasteiger partial charge in [0.2, 0.25) is 0 Å². The normalized spacial score (nSPS) is 14.7. The standard InChI is InChI=1S/C22H27FN4O3/c1-30-16-4-11-24-22(25-18-9-7-17(8-10-18)21(28)29)27-14-12-26(13-15-27)20-6-3-2-5-19(20)23/h2-3,5-10H,4,11-16H2,1H3,(H,24,25)(H,28,29). The van der Waals surface area contributed by atoms with Crippen molar-refractivity contribution in [3.63, 3.8) is 0 Å². The maximum Gasteiger partial charge on any atom is 0.335 e. The summed E-state index contributed by atoms with van der Waals surface area (Å²) in [4.78, 5) is 19.9. The number of nitrogens with zero attached hydrogens (tertiary/aromatic N) is 3. The molecule has 2 aromatic rings. The van der Waals surface area contributed by atoms with Crippen molar-refractivity contribution < 1.29 is 19.0 Å². The van der Waals surface area contributed by atoms with Gasteiger partial charge in [-0.2, -0.15) is 0 Å². The van der Waals surface area contributed by atoms with Crippen LogP contribution >= 0.6 is 0 Å². The number of carboxylic acid groups (broad SMARTS) is 1. The molecule has 2 aromatic carbocycles. The Morgan fingerprint density at radius 3 is 2.47 bits per heavy atom. The number of methoxy groups -OCH3 is 1. The second-order valence-corrected chi connectivity index (χ2v) is 6.98. The maximum atomic E-state index is 14.1. The lowest BCUT2D eigenvalue weighted by Crippen LogP contribution is -2.51. The Labute approximate surface area is 175 Å². The number of benzene rings is 2. The summed E-state index contributed by atoms with van der Waals surface area (Å²) >= 11 is 0. The summed E-state index contributed by atoms with van der Waals surface area (Å²) in [6.45, 7) is 3.98. The van der Waals surface area contributed by atoms with Crippen LogP contribution in [0.1, 0.15) is 16.8 Å². The van der Waals surface area contributed by atoms with Crippen LogP contribution in [0.5, 0.6) is 0 Å². The highest BCUT2D eigenvalue weighted by molar-refractivity contribution is 5.94. The van der Waals surface area contributed by atoms with Gasteiger partial charge >= 0.3 is 5.97 Å². The third kappa shape index (κ3) is 5.70. The molecule has 0 bridgehead atoms. The van der Waals surface area contributed by atoms with Crippen LogP contribution in [-0.2, 0) is 4.74 Å². The number of halogens is 1. The molecule has 160 valence electrons. The molecule has 8 heteroatoms. The zero-order valence-electron chi connectivity index (χ0n) is 17.1. The Morgan fingerprint density at radius 2 is 1.83 bits per heavy atom. The predicted molar refractivity (Wildman–Crippen MR) is 116 cm³/mol. The van der Waals surface area contributed by atoms with Crippen LogP contribution in [0, 0.1) is 5.82 Å². The van der Waals surface area contributed by atoms with Gasteiger partial charge in [0.1, 0.15) is 5.82 Å². The number of anilines is 2. The van der Waals surface area contributed by atoms with Crippen molar-refractivity contribution in [3.05, 3.63) is 59.9 Å². The highest BCUT2D eigenvalue weighted by Crippen LogP contribution is 2.20. The molecular weight excluding hydrogens is 387 g/mol. The summed E-state index contributed by atoms with van der Waals surface area (Å²) in [6, 6.07) is 13.4. The topological polar surface area (TPSA) is 77.4 Å². The second-order valence-electron chi connectivity index (χ2n) is 6.98. The van der Waals surface area contributed by atoms with E-state index in [-0.39, 0.29) is 11.4 Å². The largest absolute Gasteiger partial charge is 0.478 e. The molecule has 0 aromatic heterocycles. The molecule has 1 fully saturated rings. The highest BCUT2D eigenvalue weighted by atomic mass is 19.1. The van der Waals surface area contributed by atoms with Crippen LogP contribution in [0.4, 0.5) is 15.8 Å². The number of nitrogens with one attached hydrogen (secondary N) is 1. The monoisotopic (exact) mass is 414 g/mol. The minimum Gasteiger partial charge on any atom is -0.478 e. The molecule has 0 radical (unpaired) electrons. The van der Waals surface area contributed by atoms with E-state index in [1.54, 1.807) is 43.5 Å². The molecule has 1 heterocycles. The van der Waals surface area contributed by atoms with E-state index in [9.17, 15) is 9.18 Å². The van der Waals surface area contributed by atoms with Crippen LogP contribution in [0.2, 0.25) is 0 Å². The maximum absolute atomic E-state index is 14.1. The average Bonchev–Trinajstić information content (AvgIpc) is 2.77. The predicted octanol–water partition coefficient (Wildman–Crippen LogP) is 3.15. The van der Waals surface area contributed by atoms with Gasteiger partial charge in [-0.05, 0) is 42.8 Å². The summed E-state index contributed by atoms with van der Waals surface area (Å²) in [5, 5.41) is 12.4. The van der Waals surface area contributed by atoms with Crippen molar-refractivity contribution in [1.29, 1.82) is 0 Å². The number of piperazine rings is 1. The number of rotatable bonds is 7. The van der Waals surface area contributed by atoms with E-state index in [1.165, 1.54) is 6.07 Å². The van der Waals surface area contributed by atoms with Crippen LogP contribution in [0.15, 0.2) is 53.5 Å². The van der Waals surface area contributed by atoms with Crippen LogP contribution < -0.4 is 10.2 Å². The molecule has 3 rings (SSSR count). The Morgan fingerprint density at radius 1 is 1.13 bits per heavy atom.